The molecule has 4 atom stereocenters. The van der Waals surface area contributed by atoms with Crippen molar-refractivity contribution in [2.45, 2.75) is 110 Å². The number of rotatable bonds is 21. The van der Waals surface area contributed by atoms with Gasteiger partial charge in [-0.05, 0) is 63.3 Å². The van der Waals surface area contributed by atoms with Crippen LogP contribution < -0.4 is 16.6 Å². The van der Waals surface area contributed by atoms with Crippen molar-refractivity contribution in [3.05, 3.63) is 116 Å². The molecule has 1 amide bonds. The molecule has 266 valence electrons. The lowest BCUT2D eigenvalue weighted by Gasteiger charge is -2.22. The Morgan fingerprint density at radius 3 is 2.08 bits per heavy atom. The Morgan fingerprint density at radius 1 is 1.00 bits per heavy atom. The number of carbonyl (C=O) groups excluding carboxylic acids is 2. The Kier molecular flexibility index (Phi) is 19.5. The topological polar surface area (TPSA) is 168 Å². The molecule has 0 aromatic carbocycles. The van der Waals surface area contributed by atoms with Gasteiger partial charge in [-0.2, -0.15) is 0 Å². The van der Waals surface area contributed by atoms with Crippen LogP contribution in [0.25, 0.3) is 10.4 Å². The number of nitrogens with one attached hydrogen (secondary N) is 2. The molecule has 1 saturated heterocycles. The summed E-state index contributed by atoms with van der Waals surface area (Å²) in [7, 11) is 0. The van der Waals surface area contributed by atoms with Crippen LogP contribution in [0.4, 0.5) is 0 Å². The molecule has 12 heteroatoms. The number of hydrogen-bond acceptors (Lipinski definition) is 7. The smallest absolute Gasteiger partial charge is 0.330 e. The van der Waals surface area contributed by atoms with Gasteiger partial charge >= 0.3 is 11.7 Å². The molecule has 1 aromatic rings. The molecule has 1 aliphatic heterocycles. The number of azide groups is 1. The number of aromatic nitrogens is 2. The molecular weight excluding hydrogens is 624 g/mol. The molecule has 0 radical (unpaired) electrons. The van der Waals surface area contributed by atoms with Crippen molar-refractivity contribution in [3.63, 3.8) is 0 Å². The first-order chi connectivity index (χ1) is 23.7. The van der Waals surface area contributed by atoms with Crippen LogP contribution in [0, 0.1) is 12.8 Å². The first-order valence-electron chi connectivity index (χ1n) is 17.1. The second kappa shape index (κ2) is 23.6. The second-order valence-electron chi connectivity index (χ2n) is 12.0. The summed E-state index contributed by atoms with van der Waals surface area (Å²) in [6.07, 6.45) is 31.7. The SMILES string of the molecule is CCC=CCC=CCC=CCC=CCC=CCC=CCCC(=O)NC(C(=O)OC[C@H]1O[C@H](n2cc(C)c(=O)[nH]c2=O)C[C@@H]1N=[N+]=[N-])C(C)C. The van der Waals surface area contributed by atoms with Gasteiger partial charge in [-0.25, -0.2) is 9.59 Å². The van der Waals surface area contributed by atoms with E-state index in [4.69, 9.17) is 15.0 Å². The lowest BCUT2D eigenvalue weighted by Crippen LogP contribution is -2.46. The van der Waals surface area contributed by atoms with Crippen molar-refractivity contribution in [2.24, 2.45) is 11.0 Å². The maximum Gasteiger partial charge on any atom is 0.330 e. The van der Waals surface area contributed by atoms with E-state index in [2.05, 4.69) is 88.0 Å². The number of aromatic amines is 1. The first kappa shape index (κ1) is 40.5. The van der Waals surface area contributed by atoms with E-state index in [1.165, 1.54) is 10.8 Å². The van der Waals surface area contributed by atoms with Crippen LogP contribution in [-0.2, 0) is 19.1 Å². The minimum atomic E-state index is -0.877. The summed E-state index contributed by atoms with van der Waals surface area (Å²) < 4.78 is 12.6. The van der Waals surface area contributed by atoms with Crippen molar-refractivity contribution in [3.8, 4) is 0 Å². The normalized spacial score (nSPS) is 18.9. The Labute approximate surface area is 289 Å². The largest absolute Gasteiger partial charge is 0.461 e. The van der Waals surface area contributed by atoms with Crippen molar-refractivity contribution >= 4 is 11.9 Å². The van der Waals surface area contributed by atoms with Crippen LogP contribution >= 0.6 is 0 Å². The summed E-state index contributed by atoms with van der Waals surface area (Å²) in [4.78, 5) is 54.7. The maximum atomic E-state index is 13.0. The van der Waals surface area contributed by atoms with Gasteiger partial charge in [-0.3, -0.25) is 19.1 Å². The van der Waals surface area contributed by atoms with Crippen LogP contribution in [-0.4, -0.2) is 46.2 Å². The van der Waals surface area contributed by atoms with Crippen LogP contribution in [0.5, 0.6) is 0 Å². The summed E-state index contributed by atoms with van der Waals surface area (Å²) in [5, 5.41) is 6.50. The van der Waals surface area contributed by atoms with Crippen molar-refractivity contribution in [1.29, 1.82) is 0 Å². The second-order valence-corrected chi connectivity index (χ2v) is 12.0. The lowest BCUT2D eigenvalue weighted by atomic mass is 10.0. The molecule has 1 unspecified atom stereocenters. The number of allylic oxidation sites excluding steroid dienone is 12. The summed E-state index contributed by atoms with van der Waals surface area (Å²) >= 11 is 0. The molecule has 1 aliphatic rings. The minimum absolute atomic E-state index is 0.149. The predicted octanol–water partition coefficient (Wildman–Crippen LogP) is 6.97. The van der Waals surface area contributed by atoms with E-state index in [-0.39, 0.29) is 31.3 Å². The standard InChI is InChI=1S/C37H52N6O6/c1-5-6-7-8-9-10-11-12-13-14-15-16-17-18-19-20-21-22-23-24-32(44)39-34(28(2)3)36(46)48-27-31-30(41-42-38)25-33(49-31)43-26-29(4)35(45)40-37(43)47/h6-7,9-10,12-13,15-16,18-19,21-22,26,28,30-31,33-34H,5,8,11,14,17,20,23-25,27H2,1-4H3,(H,39,44)(H,40,45,47)/t30-,31+,33-,34?/m0/s1. The third-order valence-electron chi connectivity index (χ3n) is 7.62. The van der Waals surface area contributed by atoms with E-state index < -0.39 is 41.6 Å². The predicted molar refractivity (Wildman–Crippen MR) is 193 cm³/mol. The lowest BCUT2D eigenvalue weighted by molar-refractivity contribution is -0.153. The number of H-pyrrole nitrogens is 1. The van der Waals surface area contributed by atoms with Crippen molar-refractivity contribution in [1.82, 2.24) is 14.9 Å². The summed E-state index contributed by atoms with van der Waals surface area (Å²) in [6.45, 7) is 7.04. The molecule has 2 heterocycles. The minimum Gasteiger partial charge on any atom is -0.461 e. The van der Waals surface area contributed by atoms with Gasteiger partial charge in [-0.15, -0.1) is 0 Å². The van der Waals surface area contributed by atoms with Gasteiger partial charge < -0.3 is 14.8 Å². The van der Waals surface area contributed by atoms with E-state index in [0.29, 0.717) is 12.0 Å². The summed E-state index contributed by atoms with van der Waals surface area (Å²) in [5.41, 5.74) is 8.16. The van der Waals surface area contributed by atoms with Gasteiger partial charge in [0.25, 0.3) is 5.56 Å². The Hall–Kier alpha value is -4.67. The number of carbonyl (C=O) groups is 2. The van der Waals surface area contributed by atoms with E-state index in [1.54, 1.807) is 20.8 Å². The van der Waals surface area contributed by atoms with E-state index in [0.717, 1.165) is 38.5 Å². The van der Waals surface area contributed by atoms with Gasteiger partial charge in [-0.1, -0.05) is 98.8 Å². The third-order valence-corrected chi connectivity index (χ3v) is 7.62. The monoisotopic (exact) mass is 676 g/mol. The zero-order valence-corrected chi connectivity index (χ0v) is 29.2. The maximum absolute atomic E-state index is 13.0. The molecule has 1 fully saturated rings. The van der Waals surface area contributed by atoms with Gasteiger partial charge in [0.05, 0.1) is 6.04 Å². The van der Waals surface area contributed by atoms with Crippen molar-refractivity contribution < 1.29 is 19.1 Å². The van der Waals surface area contributed by atoms with E-state index in [9.17, 15) is 19.2 Å². The Morgan fingerprint density at radius 2 is 1.55 bits per heavy atom. The Bertz CT molecular complexity index is 1530. The number of nitrogens with zero attached hydrogens (tertiary/aromatic N) is 4. The zero-order chi connectivity index (χ0) is 35.9. The molecule has 2 N–H and O–H groups in total. The molecule has 0 bridgehead atoms. The molecule has 0 spiro atoms. The summed E-state index contributed by atoms with van der Waals surface area (Å²) in [5.74, 6) is -1.15. The number of ether oxygens (including phenoxy) is 2. The highest BCUT2D eigenvalue weighted by Gasteiger charge is 2.38. The molecule has 1 aromatic heterocycles. The quantitative estimate of drug-likeness (QED) is 0.0468. The number of aryl methyl sites for hydroxylation is 1. The third kappa shape index (κ3) is 15.9. The molecular formula is C37H52N6O6. The average Bonchev–Trinajstić information content (AvgIpc) is 3.47. The van der Waals surface area contributed by atoms with Crippen LogP contribution in [0.2, 0.25) is 0 Å². The fourth-order valence-electron chi connectivity index (χ4n) is 4.88. The van der Waals surface area contributed by atoms with Crippen LogP contribution in [0.15, 0.2) is 93.8 Å². The molecule has 0 aliphatic carbocycles. The molecule has 2 rings (SSSR count). The highest BCUT2D eigenvalue weighted by Crippen LogP contribution is 2.30. The first-order valence-corrected chi connectivity index (χ1v) is 17.1. The fraction of sp³-hybridized carbons (Fsp3) is 0.514. The number of amides is 1. The van der Waals surface area contributed by atoms with Gasteiger partial charge in [0.1, 0.15) is 25.0 Å². The highest BCUT2D eigenvalue weighted by atomic mass is 16.6. The number of esters is 1. The van der Waals surface area contributed by atoms with Gasteiger partial charge in [0.15, 0.2) is 0 Å². The average molecular weight is 677 g/mol. The summed E-state index contributed by atoms with van der Waals surface area (Å²) in [6, 6.07) is -1.59. The van der Waals surface area contributed by atoms with Crippen LogP contribution in [0.1, 0.15) is 90.3 Å². The van der Waals surface area contributed by atoms with E-state index in [1.807, 2.05) is 12.2 Å². The van der Waals surface area contributed by atoms with E-state index >= 15 is 0 Å². The van der Waals surface area contributed by atoms with Gasteiger partial charge in [0.2, 0.25) is 5.91 Å². The molecule has 12 nitrogen and oxygen atoms in total. The Balaban J connectivity index is 1.70. The highest BCUT2D eigenvalue weighted by molar-refractivity contribution is 5.84. The fourth-order valence-corrected chi connectivity index (χ4v) is 4.88. The van der Waals surface area contributed by atoms with Crippen LogP contribution in [0.3, 0.4) is 0 Å². The number of hydrogen-bond donors (Lipinski definition) is 2. The zero-order valence-electron chi connectivity index (χ0n) is 29.2. The van der Waals surface area contributed by atoms with Crippen molar-refractivity contribution in [2.75, 3.05) is 6.61 Å². The molecule has 0 saturated carbocycles. The molecule has 49 heavy (non-hydrogen) atoms. The van der Waals surface area contributed by atoms with Gasteiger partial charge in [0, 0.05) is 29.5 Å².